The Hall–Kier alpha value is 0.580. The highest BCUT2D eigenvalue weighted by Gasteiger charge is 2.09. The van der Waals surface area contributed by atoms with Crippen molar-refractivity contribution in [3.63, 3.8) is 0 Å². The molecule has 2 unspecified atom stereocenters. The molecule has 0 amide bonds. The van der Waals surface area contributed by atoms with Crippen LogP contribution >= 0.6 is 23.2 Å². The van der Waals surface area contributed by atoms with Gasteiger partial charge in [0.05, 0.1) is 0 Å². The summed E-state index contributed by atoms with van der Waals surface area (Å²) < 4.78 is 0. The van der Waals surface area contributed by atoms with Crippen LogP contribution in [0.15, 0.2) is 0 Å². The van der Waals surface area contributed by atoms with Crippen molar-refractivity contribution >= 4 is 23.2 Å². The summed E-state index contributed by atoms with van der Waals surface area (Å²) in [6, 6.07) is 0. The fourth-order valence-electron chi connectivity index (χ4n) is 1.88. The minimum Gasteiger partial charge on any atom is -0.123 e. The van der Waals surface area contributed by atoms with E-state index < -0.39 is 0 Å². The number of alkyl halides is 2. The van der Waals surface area contributed by atoms with Gasteiger partial charge in [-0.15, -0.1) is 23.2 Å². The van der Waals surface area contributed by atoms with Crippen molar-refractivity contribution in [2.45, 2.75) is 88.8 Å². The maximum atomic E-state index is 6.26. The monoisotopic (exact) mass is 266 g/mol. The fourth-order valence-corrected chi connectivity index (χ4v) is 2.44. The molecule has 16 heavy (non-hydrogen) atoms. The third-order valence-electron chi connectivity index (χ3n) is 3.03. The highest BCUT2D eigenvalue weighted by Crippen LogP contribution is 2.20. The van der Waals surface area contributed by atoms with E-state index in [1.165, 1.54) is 38.5 Å². The Kier molecular flexibility index (Phi) is 12.5. The van der Waals surface area contributed by atoms with Gasteiger partial charge in [0.1, 0.15) is 0 Å². The Labute approximate surface area is 112 Å². The third kappa shape index (κ3) is 11.1. The topological polar surface area (TPSA) is 0 Å². The van der Waals surface area contributed by atoms with E-state index in [0.717, 1.165) is 25.7 Å². The fraction of sp³-hybridized carbons (Fsp3) is 1.00. The minimum atomic E-state index is 0.346. The lowest BCUT2D eigenvalue weighted by Crippen LogP contribution is -2.05. The highest BCUT2D eigenvalue weighted by atomic mass is 35.5. The Balaban J connectivity index is 3.32. The molecule has 2 heteroatoms. The van der Waals surface area contributed by atoms with Gasteiger partial charge >= 0.3 is 0 Å². The second kappa shape index (κ2) is 12.0. The molecule has 2 atom stereocenters. The Morgan fingerprint density at radius 3 is 1.31 bits per heavy atom. The van der Waals surface area contributed by atoms with Gasteiger partial charge in [0.15, 0.2) is 0 Å². The summed E-state index contributed by atoms with van der Waals surface area (Å²) in [7, 11) is 0. The van der Waals surface area contributed by atoms with Crippen molar-refractivity contribution in [1.29, 1.82) is 0 Å². The molecule has 0 spiro atoms. The van der Waals surface area contributed by atoms with Crippen molar-refractivity contribution in [3.8, 4) is 0 Å². The average molecular weight is 267 g/mol. The lowest BCUT2D eigenvalue weighted by Gasteiger charge is -2.12. The second-order valence-corrected chi connectivity index (χ2v) is 6.00. The van der Waals surface area contributed by atoms with Crippen LogP contribution < -0.4 is 0 Å². The van der Waals surface area contributed by atoms with Crippen molar-refractivity contribution in [2.24, 2.45) is 0 Å². The molecule has 0 N–H and O–H groups in total. The zero-order chi connectivity index (χ0) is 12.2. The summed E-state index contributed by atoms with van der Waals surface area (Å²) in [6.45, 7) is 4.46. The van der Waals surface area contributed by atoms with Gasteiger partial charge in [-0.2, -0.15) is 0 Å². The van der Waals surface area contributed by atoms with Crippen LogP contribution in [0.3, 0.4) is 0 Å². The van der Waals surface area contributed by atoms with Gasteiger partial charge in [-0.3, -0.25) is 0 Å². The molecule has 0 bridgehead atoms. The number of unbranched alkanes of at least 4 members (excludes halogenated alkanes) is 4. The Morgan fingerprint density at radius 1 is 0.625 bits per heavy atom. The Morgan fingerprint density at radius 2 is 1.00 bits per heavy atom. The summed E-state index contributed by atoms with van der Waals surface area (Å²) >= 11 is 12.5. The SMILES string of the molecule is CCCCCC(Cl)CCC(Cl)CCCCC. The second-order valence-electron chi connectivity index (χ2n) is 4.76. The van der Waals surface area contributed by atoms with Gasteiger partial charge in [0, 0.05) is 10.8 Å². The molecule has 0 saturated heterocycles. The number of rotatable bonds is 11. The highest BCUT2D eigenvalue weighted by molar-refractivity contribution is 6.21. The molecule has 0 aromatic rings. The van der Waals surface area contributed by atoms with E-state index in [9.17, 15) is 0 Å². The molecule has 0 saturated carbocycles. The van der Waals surface area contributed by atoms with E-state index >= 15 is 0 Å². The summed E-state index contributed by atoms with van der Waals surface area (Å²) in [5.41, 5.74) is 0. The van der Waals surface area contributed by atoms with Crippen LogP contribution in [0, 0.1) is 0 Å². The molecule has 0 fully saturated rings. The van der Waals surface area contributed by atoms with Gasteiger partial charge in [0.2, 0.25) is 0 Å². The maximum absolute atomic E-state index is 6.26. The van der Waals surface area contributed by atoms with E-state index in [1.807, 2.05) is 0 Å². The molecule has 0 aromatic carbocycles. The average Bonchev–Trinajstić information content (AvgIpc) is 2.27. The predicted octanol–water partition coefficient (Wildman–Crippen LogP) is 6.14. The molecule has 0 aliphatic rings. The van der Waals surface area contributed by atoms with Crippen LogP contribution in [0.1, 0.15) is 78.1 Å². The molecule has 0 aliphatic heterocycles. The summed E-state index contributed by atoms with van der Waals surface area (Å²) in [6.07, 6.45) is 12.2. The standard InChI is InChI=1S/C14H28Cl2/c1-3-5-7-9-13(15)11-12-14(16)10-8-6-4-2/h13-14H,3-12H2,1-2H3. The first-order valence-electron chi connectivity index (χ1n) is 6.98. The van der Waals surface area contributed by atoms with Gasteiger partial charge in [0.25, 0.3) is 0 Å². The van der Waals surface area contributed by atoms with Crippen LogP contribution in [0.4, 0.5) is 0 Å². The molecule has 0 rings (SSSR count). The van der Waals surface area contributed by atoms with Gasteiger partial charge in [-0.05, 0) is 25.7 Å². The zero-order valence-electron chi connectivity index (χ0n) is 11.0. The van der Waals surface area contributed by atoms with E-state index in [4.69, 9.17) is 23.2 Å². The van der Waals surface area contributed by atoms with E-state index in [1.54, 1.807) is 0 Å². The largest absolute Gasteiger partial charge is 0.123 e. The van der Waals surface area contributed by atoms with Gasteiger partial charge in [-0.1, -0.05) is 52.4 Å². The lowest BCUT2D eigenvalue weighted by molar-refractivity contribution is 0.557. The number of hydrogen-bond acceptors (Lipinski definition) is 0. The first kappa shape index (κ1) is 16.6. The van der Waals surface area contributed by atoms with E-state index in [-0.39, 0.29) is 0 Å². The molecular formula is C14H28Cl2. The van der Waals surface area contributed by atoms with Gasteiger partial charge in [-0.25, -0.2) is 0 Å². The van der Waals surface area contributed by atoms with Crippen molar-refractivity contribution in [2.75, 3.05) is 0 Å². The van der Waals surface area contributed by atoms with Gasteiger partial charge < -0.3 is 0 Å². The van der Waals surface area contributed by atoms with Crippen LogP contribution in [-0.2, 0) is 0 Å². The molecule has 0 nitrogen and oxygen atoms in total. The molecule has 0 aromatic heterocycles. The first-order valence-corrected chi connectivity index (χ1v) is 7.86. The number of halogens is 2. The molecule has 98 valence electrons. The third-order valence-corrected chi connectivity index (χ3v) is 3.91. The summed E-state index contributed by atoms with van der Waals surface area (Å²) in [5, 5.41) is 0.693. The summed E-state index contributed by atoms with van der Waals surface area (Å²) in [4.78, 5) is 0. The van der Waals surface area contributed by atoms with Crippen LogP contribution in [-0.4, -0.2) is 10.8 Å². The van der Waals surface area contributed by atoms with E-state index in [0.29, 0.717) is 10.8 Å². The molecular weight excluding hydrogens is 239 g/mol. The van der Waals surface area contributed by atoms with Crippen molar-refractivity contribution in [3.05, 3.63) is 0 Å². The zero-order valence-corrected chi connectivity index (χ0v) is 12.5. The molecule has 0 heterocycles. The van der Waals surface area contributed by atoms with Crippen LogP contribution in [0.2, 0.25) is 0 Å². The predicted molar refractivity (Wildman–Crippen MR) is 76.8 cm³/mol. The molecule has 0 aliphatic carbocycles. The normalized spacial score (nSPS) is 15.0. The van der Waals surface area contributed by atoms with Crippen molar-refractivity contribution in [1.82, 2.24) is 0 Å². The minimum absolute atomic E-state index is 0.346. The summed E-state index contributed by atoms with van der Waals surface area (Å²) in [5.74, 6) is 0. The Bertz CT molecular complexity index is 121. The van der Waals surface area contributed by atoms with Crippen molar-refractivity contribution < 1.29 is 0 Å². The maximum Gasteiger partial charge on any atom is 0.0336 e. The number of hydrogen-bond donors (Lipinski definition) is 0. The first-order chi connectivity index (χ1) is 7.70. The quantitative estimate of drug-likeness (QED) is 0.311. The van der Waals surface area contributed by atoms with E-state index in [2.05, 4.69) is 13.8 Å². The van der Waals surface area contributed by atoms with Crippen LogP contribution in [0.25, 0.3) is 0 Å². The lowest BCUT2D eigenvalue weighted by atomic mass is 10.0. The molecule has 0 radical (unpaired) electrons. The smallest absolute Gasteiger partial charge is 0.0336 e. The van der Waals surface area contributed by atoms with Crippen LogP contribution in [0.5, 0.6) is 0 Å².